The molecule has 0 spiro atoms. The third-order valence-corrected chi connectivity index (χ3v) is 5.39. The first-order chi connectivity index (χ1) is 12.3. The summed E-state index contributed by atoms with van der Waals surface area (Å²) in [5.74, 6) is -3.86. The van der Waals surface area contributed by atoms with Crippen LogP contribution < -0.4 is 4.90 Å². The van der Waals surface area contributed by atoms with E-state index in [9.17, 15) is 18.0 Å². The van der Waals surface area contributed by atoms with Crippen LogP contribution in [0, 0.1) is 5.82 Å². The number of aliphatic hydroxyl groups is 1. The highest BCUT2D eigenvalue weighted by molar-refractivity contribution is 6.32. The Morgan fingerprint density at radius 2 is 2.15 bits per heavy atom. The quantitative estimate of drug-likeness (QED) is 0.833. The number of hydrogen-bond donors (Lipinski definition) is 2. The molecule has 0 saturated carbocycles. The van der Waals surface area contributed by atoms with Crippen molar-refractivity contribution in [3.8, 4) is 0 Å². The second-order valence-electron chi connectivity index (χ2n) is 6.77. The van der Waals surface area contributed by atoms with E-state index in [0.717, 1.165) is 5.69 Å². The van der Waals surface area contributed by atoms with Crippen molar-refractivity contribution >= 4 is 34.1 Å². The van der Waals surface area contributed by atoms with E-state index in [4.69, 9.17) is 16.7 Å². The summed E-state index contributed by atoms with van der Waals surface area (Å²) in [7, 11) is 0. The predicted molar refractivity (Wildman–Crippen MR) is 91.3 cm³/mol. The Balaban J connectivity index is 1.86. The van der Waals surface area contributed by atoms with Gasteiger partial charge >= 0.3 is 0 Å². The molecule has 3 heterocycles. The van der Waals surface area contributed by atoms with E-state index >= 15 is 0 Å². The first-order valence-corrected chi connectivity index (χ1v) is 8.71. The van der Waals surface area contributed by atoms with Gasteiger partial charge in [0.1, 0.15) is 6.61 Å². The fourth-order valence-corrected chi connectivity index (χ4v) is 4.02. The molecule has 0 atom stereocenters. The van der Waals surface area contributed by atoms with Crippen molar-refractivity contribution < 1.29 is 23.1 Å². The Morgan fingerprint density at radius 3 is 2.81 bits per heavy atom. The number of fused-ring (bicyclic) bond motifs is 3. The summed E-state index contributed by atoms with van der Waals surface area (Å²) in [4.78, 5) is 17.8. The summed E-state index contributed by atoms with van der Waals surface area (Å²) < 4.78 is 42.0. The predicted octanol–water partition coefficient (Wildman–Crippen LogP) is 2.68. The number of rotatable bonds is 2. The first-order valence-electron chi connectivity index (χ1n) is 8.33. The average molecular weight is 388 g/mol. The lowest BCUT2D eigenvalue weighted by Gasteiger charge is -2.27. The van der Waals surface area contributed by atoms with E-state index < -0.39 is 30.8 Å². The molecule has 0 bridgehead atoms. The summed E-state index contributed by atoms with van der Waals surface area (Å²) in [5, 5.41) is 9.44. The molecule has 1 aromatic carbocycles. The molecule has 0 unspecified atom stereocenters. The Labute approximate surface area is 152 Å². The second kappa shape index (κ2) is 6.06. The molecule has 4 rings (SSSR count). The molecule has 0 aliphatic carbocycles. The van der Waals surface area contributed by atoms with Gasteiger partial charge in [0.2, 0.25) is 5.91 Å². The van der Waals surface area contributed by atoms with Crippen LogP contribution in [0.2, 0.25) is 5.02 Å². The highest BCUT2D eigenvalue weighted by Crippen LogP contribution is 2.42. The van der Waals surface area contributed by atoms with Crippen LogP contribution in [0.4, 0.5) is 18.9 Å². The van der Waals surface area contributed by atoms with E-state index in [0.29, 0.717) is 29.6 Å². The number of nitrogens with zero attached hydrogens (tertiary/aromatic N) is 2. The molecule has 5 nitrogen and oxygen atoms in total. The van der Waals surface area contributed by atoms with Crippen molar-refractivity contribution in [3.05, 3.63) is 28.2 Å². The maximum absolute atomic E-state index is 14.6. The average Bonchev–Trinajstić information content (AvgIpc) is 3.17. The molecule has 0 radical (unpaired) electrons. The minimum atomic E-state index is -2.80. The van der Waals surface area contributed by atoms with Gasteiger partial charge in [-0.3, -0.25) is 4.79 Å². The van der Waals surface area contributed by atoms with E-state index in [1.807, 2.05) is 0 Å². The monoisotopic (exact) mass is 387 g/mol. The van der Waals surface area contributed by atoms with Crippen LogP contribution in [-0.2, 0) is 17.8 Å². The van der Waals surface area contributed by atoms with Crippen molar-refractivity contribution in [3.63, 3.8) is 0 Å². The summed E-state index contributed by atoms with van der Waals surface area (Å²) >= 11 is 6.00. The molecule has 9 heteroatoms. The van der Waals surface area contributed by atoms with Crippen LogP contribution in [0.15, 0.2) is 6.07 Å². The summed E-state index contributed by atoms with van der Waals surface area (Å²) in [6, 6.07) is 1.38. The van der Waals surface area contributed by atoms with Crippen molar-refractivity contribution in [1.82, 2.24) is 9.88 Å². The number of carbonyl (C=O) groups is 1. The zero-order chi connectivity index (χ0) is 18.6. The fourth-order valence-electron chi connectivity index (χ4n) is 3.82. The summed E-state index contributed by atoms with van der Waals surface area (Å²) in [6.07, 6.45) is 0.188. The second-order valence-corrected chi connectivity index (χ2v) is 7.18. The lowest BCUT2D eigenvalue weighted by atomic mass is 10.0. The third-order valence-electron chi connectivity index (χ3n) is 5.12. The van der Waals surface area contributed by atoms with Gasteiger partial charge in [0, 0.05) is 54.8 Å². The third kappa shape index (κ3) is 2.72. The number of nitrogens with one attached hydrogen (secondary N) is 1. The van der Waals surface area contributed by atoms with Crippen LogP contribution in [0.5, 0.6) is 0 Å². The fraction of sp³-hybridized carbons (Fsp3) is 0.471. The Morgan fingerprint density at radius 1 is 1.38 bits per heavy atom. The highest BCUT2D eigenvalue weighted by atomic mass is 35.5. The number of halogens is 4. The normalized spacial score (nSPS) is 19.3. The smallest absolute Gasteiger partial charge is 0.266 e. The molecule has 140 valence electrons. The first kappa shape index (κ1) is 17.5. The number of benzene rings is 1. The number of aliphatic hydroxyl groups excluding tert-OH is 1. The number of alkyl halides is 2. The van der Waals surface area contributed by atoms with Crippen molar-refractivity contribution in [1.29, 1.82) is 0 Å². The van der Waals surface area contributed by atoms with Gasteiger partial charge in [-0.25, -0.2) is 13.2 Å². The standard InChI is InChI=1S/C17H17ClF3N3O2/c18-10-5-12(24-4-2-17(20,21)8-24)14-9-6-23(13(26)7-25)3-1-11(9)22-16(14)15(10)19/h5,22,25H,1-4,6-8H2. The van der Waals surface area contributed by atoms with Gasteiger partial charge in [0.25, 0.3) is 5.92 Å². The lowest BCUT2D eigenvalue weighted by molar-refractivity contribution is -0.135. The number of H-pyrrole nitrogens is 1. The molecular weight excluding hydrogens is 371 g/mol. The van der Waals surface area contributed by atoms with Crippen molar-refractivity contribution in [2.75, 3.05) is 31.1 Å². The molecule has 1 amide bonds. The van der Waals surface area contributed by atoms with E-state index in [-0.39, 0.29) is 30.0 Å². The molecule has 2 N–H and O–H groups in total. The highest BCUT2D eigenvalue weighted by Gasteiger charge is 2.40. The number of aromatic amines is 1. The van der Waals surface area contributed by atoms with Gasteiger partial charge in [-0.1, -0.05) is 11.6 Å². The van der Waals surface area contributed by atoms with Crippen molar-refractivity contribution in [2.45, 2.75) is 25.3 Å². The van der Waals surface area contributed by atoms with Gasteiger partial charge in [0.05, 0.1) is 17.1 Å². The topological polar surface area (TPSA) is 59.6 Å². The van der Waals surface area contributed by atoms with Crippen molar-refractivity contribution in [2.24, 2.45) is 0 Å². The maximum Gasteiger partial charge on any atom is 0.266 e. The summed E-state index contributed by atoms with van der Waals surface area (Å²) in [6.45, 7) is -0.339. The molecule has 1 aromatic heterocycles. The van der Waals surface area contributed by atoms with Gasteiger partial charge in [0.15, 0.2) is 5.82 Å². The number of hydrogen-bond acceptors (Lipinski definition) is 3. The number of carbonyl (C=O) groups excluding carboxylic acids is 1. The number of anilines is 1. The molecule has 1 fully saturated rings. The summed E-state index contributed by atoms with van der Waals surface area (Å²) in [5.41, 5.74) is 2.06. The SMILES string of the molecule is O=C(CO)N1CCc2[nH]c3c(F)c(Cl)cc(N4CCC(F)(F)C4)c3c2C1. The molecule has 2 aliphatic rings. The van der Waals surface area contributed by atoms with Crippen LogP contribution in [-0.4, -0.2) is 53.1 Å². The molecule has 26 heavy (non-hydrogen) atoms. The van der Waals surface area contributed by atoms with E-state index in [2.05, 4.69) is 4.98 Å². The van der Waals surface area contributed by atoms with Crippen LogP contribution in [0.25, 0.3) is 10.9 Å². The molecular formula is C17H17ClF3N3O2. The lowest BCUT2D eigenvalue weighted by Crippen LogP contribution is -2.37. The van der Waals surface area contributed by atoms with E-state index in [1.54, 1.807) is 0 Å². The molecule has 2 aromatic rings. The molecule has 1 saturated heterocycles. The largest absolute Gasteiger partial charge is 0.387 e. The zero-order valence-corrected chi connectivity index (χ0v) is 14.5. The Hall–Kier alpha value is -1.93. The number of aromatic nitrogens is 1. The Bertz CT molecular complexity index is 899. The zero-order valence-electron chi connectivity index (χ0n) is 13.8. The molecule has 2 aliphatic heterocycles. The van der Waals surface area contributed by atoms with Gasteiger partial charge < -0.3 is 19.9 Å². The maximum atomic E-state index is 14.6. The van der Waals surface area contributed by atoms with E-state index in [1.165, 1.54) is 15.9 Å². The number of amides is 1. The van der Waals surface area contributed by atoms with Crippen LogP contribution in [0.1, 0.15) is 17.7 Å². The van der Waals surface area contributed by atoms with Crippen LogP contribution >= 0.6 is 11.6 Å². The van der Waals surface area contributed by atoms with Crippen LogP contribution in [0.3, 0.4) is 0 Å². The van der Waals surface area contributed by atoms with Gasteiger partial charge in [-0.15, -0.1) is 0 Å². The minimum absolute atomic E-state index is 0.135. The minimum Gasteiger partial charge on any atom is -0.387 e. The Kier molecular flexibility index (Phi) is 4.07. The van der Waals surface area contributed by atoms with Gasteiger partial charge in [-0.05, 0) is 6.07 Å². The van der Waals surface area contributed by atoms with Gasteiger partial charge in [-0.2, -0.15) is 0 Å².